The van der Waals surface area contributed by atoms with E-state index in [1.54, 1.807) is 10.9 Å². The van der Waals surface area contributed by atoms with Gasteiger partial charge in [0.15, 0.2) is 0 Å². The minimum Gasteiger partial charge on any atom is -0.476 e. The van der Waals surface area contributed by atoms with Gasteiger partial charge in [-0.25, -0.2) is 13.9 Å². The molecular formula is C20H22FN5O3S. The number of nitrogens with one attached hydrogen (secondary N) is 1. The molecule has 1 aromatic heterocycles. The van der Waals surface area contributed by atoms with E-state index in [4.69, 9.17) is 14.6 Å². The van der Waals surface area contributed by atoms with Gasteiger partial charge in [0.1, 0.15) is 17.3 Å². The number of nitrogens with two attached hydrogens (primary N) is 1. The zero-order valence-corrected chi connectivity index (χ0v) is 17.2. The van der Waals surface area contributed by atoms with Crippen LogP contribution in [-0.2, 0) is 47.8 Å². The van der Waals surface area contributed by atoms with Crippen LogP contribution in [0.1, 0.15) is 28.7 Å². The molecule has 0 radical (unpaired) electrons. The van der Waals surface area contributed by atoms with E-state index in [0.29, 0.717) is 37.1 Å². The van der Waals surface area contributed by atoms with Crippen LogP contribution in [-0.4, -0.2) is 35.6 Å². The van der Waals surface area contributed by atoms with E-state index in [1.165, 1.54) is 0 Å². The van der Waals surface area contributed by atoms with Crippen molar-refractivity contribution < 1.29 is 18.7 Å². The molecule has 1 saturated heterocycles. The second kappa shape index (κ2) is 6.60. The molecule has 1 atom stereocenters. The first-order chi connectivity index (χ1) is 14.5. The highest BCUT2D eigenvalue weighted by atomic mass is 32.2. The van der Waals surface area contributed by atoms with Crippen LogP contribution in [0.15, 0.2) is 15.5 Å². The SMILES string of the molecule is NS(=NC(=O)Nc1c2c(c(F)c3c1CC3)CCC2)c1cnn2c1OCC1(COC1)C2. The van der Waals surface area contributed by atoms with Crippen LogP contribution in [0.4, 0.5) is 14.9 Å². The fourth-order valence-corrected chi connectivity index (χ4v) is 5.67. The average Bonchev–Trinajstić information content (AvgIpc) is 3.31. The molecule has 2 aliphatic heterocycles. The third-order valence-corrected chi connectivity index (χ3v) is 7.65. The molecule has 4 aliphatic rings. The molecule has 3 N–H and O–H groups in total. The van der Waals surface area contributed by atoms with Gasteiger partial charge in [-0.3, -0.25) is 5.14 Å². The standard InChI is InChI=1S/C20H22FN5O3S/c21-16-11-2-1-3-13(11)17(14-5-4-12(14)16)24-19(27)25-30(22)15-6-23-26-7-20(8-28-9-20)10-29-18(15)26/h6H,1-5,7-10H2,(H3,22,24,25,27). The summed E-state index contributed by atoms with van der Waals surface area (Å²) in [6.07, 6.45) is 5.53. The van der Waals surface area contributed by atoms with Gasteiger partial charge in [-0.05, 0) is 54.4 Å². The smallest absolute Gasteiger partial charge is 0.352 e. The molecule has 2 aromatic rings. The van der Waals surface area contributed by atoms with Crippen LogP contribution in [0.5, 0.6) is 5.88 Å². The maximum absolute atomic E-state index is 14.6. The summed E-state index contributed by atoms with van der Waals surface area (Å²) in [4.78, 5) is 13.3. The first kappa shape index (κ1) is 18.5. The van der Waals surface area contributed by atoms with Crippen molar-refractivity contribution in [3.05, 3.63) is 34.3 Å². The second-order valence-corrected chi connectivity index (χ2v) is 9.80. The Labute approximate surface area is 175 Å². The predicted molar refractivity (Wildman–Crippen MR) is 108 cm³/mol. The van der Waals surface area contributed by atoms with Crippen molar-refractivity contribution in [1.29, 1.82) is 0 Å². The molecule has 158 valence electrons. The Kier molecular flexibility index (Phi) is 4.06. The lowest BCUT2D eigenvalue weighted by molar-refractivity contribution is -0.154. The number of amides is 2. The molecule has 8 nitrogen and oxygen atoms in total. The van der Waals surface area contributed by atoms with Crippen molar-refractivity contribution in [2.45, 2.75) is 43.5 Å². The van der Waals surface area contributed by atoms with Crippen molar-refractivity contribution >= 4 is 22.6 Å². The normalized spacial score (nSPS) is 21.1. The molecule has 1 aromatic carbocycles. The molecule has 0 bridgehead atoms. The maximum atomic E-state index is 14.6. The van der Waals surface area contributed by atoms with Gasteiger partial charge in [-0.15, -0.1) is 0 Å². The number of halogens is 1. The molecule has 2 aliphatic carbocycles. The number of hydrogen-bond acceptors (Lipinski definition) is 4. The van der Waals surface area contributed by atoms with E-state index in [2.05, 4.69) is 14.8 Å². The lowest BCUT2D eigenvalue weighted by Crippen LogP contribution is -2.52. The van der Waals surface area contributed by atoms with Gasteiger partial charge >= 0.3 is 6.03 Å². The fourth-order valence-electron chi connectivity index (χ4n) is 4.85. The average molecular weight is 431 g/mol. The number of benzene rings is 1. The summed E-state index contributed by atoms with van der Waals surface area (Å²) in [6.45, 7) is 2.58. The van der Waals surface area contributed by atoms with Crippen LogP contribution in [0.3, 0.4) is 0 Å². The van der Waals surface area contributed by atoms with Crippen molar-refractivity contribution in [2.75, 3.05) is 25.1 Å². The van der Waals surface area contributed by atoms with Crippen molar-refractivity contribution in [2.24, 2.45) is 14.9 Å². The number of aromatic nitrogens is 2. The summed E-state index contributed by atoms with van der Waals surface area (Å²) in [5, 5.41) is 13.5. The number of carbonyl (C=O) groups excluding carboxylic acids is 1. The monoisotopic (exact) mass is 431 g/mol. The van der Waals surface area contributed by atoms with E-state index in [1.807, 2.05) is 0 Å². The Morgan fingerprint density at radius 3 is 2.67 bits per heavy atom. The summed E-state index contributed by atoms with van der Waals surface area (Å²) < 4.78 is 31.7. The number of rotatable bonds is 2. The van der Waals surface area contributed by atoms with Gasteiger partial charge in [0.25, 0.3) is 0 Å². The van der Waals surface area contributed by atoms with Crippen LogP contribution in [0, 0.1) is 11.2 Å². The molecule has 10 heteroatoms. The number of anilines is 1. The summed E-state index contributed by atoms with van der Waals surface area (Å²) in [6, 6.07) is -0.518. The Balaban J connectivity index is 1.26. The van der Waals surface area contributed by atoms with Crippen molar-refractivity contribution in [3.8, 4) is 5.88 Å². The van der Waals surface area contributed by atoms with Crippen LogP contribution >= 0.6 is 0 Å². The third-order valence-electron chi connectivity index (χ3n) is 6.56. The lowest BCUT2D eigenvalue weighted by atomic mass is 9.83. The molecule has 2 amide bonds. The number of urea groups is 1. The van der Waals surface area contributed by atoms with Gasteiger partial charge in [0, 0.05) is 16.6 Å². The number of carbonyl (C=O) groups is 1. The van der Waals surface area contributed by atoms with Crippen molar-refractivity contribution in [3.63, 3.8) is 0 Å². The Morgan fingerprint density at radius 1 is 1.20 bits per heavy atom. The molecule has 30 heavy (non-hydrogen) atoms. The number of ether oxygens (including phenoxy) is 2. The predicted octanol–water partition coefficient (Wildman–Crippen LogP) is 2.29. The minimum atomic E-state index is -1.20. The van der Waals surface area contributed by atoms with Gasteiger partial charge in [0.05, 0.1) is 31.4 Å². The maximum Gasteiger partial charge on any atom is 0.352 e. The van der Waals surface area contributed by atoms with Crippen LogP contribution < -0.4 is 15.2 Å². The van der Waals surface area contributed by atoms with E-state index in [-0.39, 0.29) is 11.2 Å². The van der Waals surface area contributed by atoms with E-state index in [0.717, 1.165) is 60.0 Å². The Morgan fingerprint density at radius 2 is 1.93 bits per heavy atom. The summed E-state index contributed by atoms with van der Waals surface area (Å²) in [5.74, 6) is 0.497. The molecule has 1 fully saturated rings. The molecule has 1 spiro atoms. The fraction of sp³-hybridized carbons (Fsp3) is 0.500. The number of nitrogens with zero attached hydrogens (tertiary/aromatic N) is 3. The molecule has 0 saturated carbocycles. The van der Waals surface area contributed by atoms with Crippen LogP contribution in [0.2, 0.25) is 0 Å². The number of fused-ring (bicyclic) bond motifs is 3. The van der Waals surface area contributed by atoms with Gasteiger partial charge in [-0.1, -0.05) is 0 Å². The van der Waals surface area contributed by atoms with E-state index >= 15 is 0 Å². The molecule has 1 unspecified atom stereocenters. The first-order valence-electron chi connectivity index (χ1n) is 10.2. The van der Waals surface area contributed by atoms with Crippen molar-refractivity contribution in [1.82, 2.24) is 9.78 Å². The highest BCUT2D eigenvalue weighted by Crippen LogP contribution is 2.42. The van der Waals surface area contributed by atoms with E-state index < -0.39 is 16.9 Å². The Hall–Kier alpha value is -2.30. The molecule has 3 heterocycles. The molecule has 6 rings (SSSR count). The highest BCUT2D eigenvalue weighted by Gasteiger charge is 2.44. The Bertz CT molecular complexity index is 1120. The van der Waals surface area contributed by atoms with Crippen LogP contribution in [0.25, 0.3) is 0 Å². The topological polar surface area (TPSA) is 104 Å². The number of hydrogen-bond donors (Lipinski definition) is 2. The van der Waals surface area contributed by atoms with Gasteiger partial charge in [0.2, 0.25) is 5.88 Å². The van der Waals surface area contributed by atoms with E-state index in [9.17, 15) is 9.18 Å². The summed E-state index contributed by atoms with van der Waals surface area (Å²) >= 11 is 0. The summed E-state index contributed by atoms with van der Waals surface area (Å²) in [7, 11) is -1.20. The second-order valence-electron chi connectivity index (χ2n) is 8.55. The zero-order valence-electron chi connectivity index (χ0n) is 16.4. The lowest BCUT2D eigenvalue weighted by Gasteiger charge is -2.43. The molecular weight excluding hydrogens is 409 g/mol. The van der Waals surface area contributed by atoms with Gasteiger partial charge in [-0.2, -0.15) is 9.46 Å². The van der Waals surface area contributed by atoms with Gasteiger partial charge < -0.3 is 14.8 Å². The third kappa shape index (κ3) is 2.67. The minimum absolute atomic E-state index is 0.0111. The first-order valence-corrected chi connectivity index (χ1v) is 11.4. The highest BCUT2D eigenvalue weighted by molar-refractivity contribution is 7.85. The quantitative estimate of drug-likeness (QED) is 0.759. The summed E-state index contributed by atoms with van der Waals surface area (Å²) in [5.41, 5.74) is 4.06. The zero-order chi connectivity index (χ0) is 20.5. The largest absolute Gasteiger partial charge is 0.476 e.